The zero-order chi connectivity index (χ0) is 15.1. The van der Waals surface area contributed by atoms with Gasteiger partial charge in [-0.1, -0.05) is 12.1 Å². The van der Waals surface area contributed by atoms with E-state index in [-0.39, 0.29) is 5.91 Å². The molecule has 116 valence electrons. The first kappa shape index (κ1) is 16.2. The Hall–Kier alpha value is -1.20. The molecule has 21 heavy (non-hydrogen) atoms. The zero-order valence-electron chi connectivity index (χ0n) is 12.8. The van der Waals surface area contributed by atoms with E-state index in [0.717, 1.165) is 29.4 Å². The number of nitrogens with one attached hydrogen (secondary N) is 1. The maximum Gasteiger partial charge on any atom is 0.224 e. The number of rotatable bonds is 6. The van der Waals surface area contributed by atoms with Crippen LogP contribution in [-0.2, 0) is 11.3 Å². The van der Waals surface area contributed by atoms with Crippen LogP contribution in [0.2, 0.25) is 0 Å². The van der Waals surface area contributed by atoms with Gasteiger partial charge in [0.15, 0.2) is 0 Å². The first-order chi connectivity index (χ1) is 10.2. The van der Waals surface area contributed by atoms with Gasteiger partial charge in [-0.25, -0.2) is 0 Å². The normalized spacial score (nSPS) is 18.3. The fraction of sp³-hybridized carbons (Fsp3) is 0.562. The molecule has 4 nitrogen and oxygen atoms in total. The molecule has 1 aliphatic rings. The molecule has 1 atom stereocenters. The number of nitrogens with zero attached hydrogens (tertiary/aromatic N) is 1. The lowest BCUT2D eigenvalue weighted by molar-refractivity contribution is -0.130. The fourth-order valence-corrected chi connectivity index (χ4v) is 3.29. The van der Waals surface area contributed by atoms with Crippen LogP contribution >= 0.6 is 11.8 Å². The fourth-order valence-electron chi connectivity index (χ4n) is 2.34. The standard InChI is InChI=1S/C16H24N2O2S/c1-3-20-15-6-4-13(5-7-15)11-18(2)16(19)10-14-12-21-9-8-17-14/h4-7,14,17H,3,8-12H2,1-2H3. The summed E-state index contributed by atoms with van der Waals surface area (Å²) in [5.74, 6) is 3.25. The maximum absolute atomic E-state index is 12.2. The van der Waals surface area contributed by atoms with Gasteiger partial charge in [0.05, 0.1) is 6.61 Å². The lowest BCUT2D eigenvalue weighted by Crippen LogP contribution is -2.41. The first-order valence-corrected chi connectivity index (χ1v) is 8.61. The van der Waals surface area contributed by atoms with Crippen LogP contribution in [0.15, 0.2) is 24.3 Å². The number of carbonyl (C=O) groups is 1. The Morgan fingerprint density at radius 1 is 1.43 bits per heavy atom. The number of hydrogen-bond acceptors (Lipinski definition) is 4. The molecule has 0 saturated carbocycles. The van der Waals surface area contributed by atoms with Crippen molar-refractivity contribution in [2.24, 2.45) is 0 Å². The van der Waals surface area contributed by atoms with Gasteiger partial charge in [-0.2, -0.15) is 11.8 Å². The summed E-state index contributed by atoms with van der Waals surface area (Å²) in [5.41, 5.74) is 1.13. The molecule has 0 aliphatic carbocycles. The maximum atomic E-state index is 12.2. The molecule has 1 N–H and O–H groups in total. The summed E-state index contributed by atoms with van der Waals surface area (Å²) in [5, 5.41) is 3.41. The molecule has 1 heterocycles. The van der Waals surface area contributed by atoms with Gasteiger partial charge < -0.3 is 15.0 Å². The largest absolute Gasteiger partial charge is 0.494 e. The van der Waals surface area contributed by atoms with Gasteiger partial charge in [0.25, 0.3) is 0 Å². The Balaban J connectivity index is 1.81. The molecule has 1 saturated heterocycles. The molecule has 1 aromatic rings. The van der Waals surface area contributed by atoms with Crippen LogP contribution in [0, 0.1) is 0 Å². The lowest BCUT2D eigenvalue weighted by Gasteiger charge is -2.25. The van der Waals surface area contributed by atoms with Crippen molar-refractivity contribution >= 4 is 17.7 Å². The van der Waals surface area contributed by atoms with Gasteiger partial charge in [0.1, 0.15) is 5.75 Å². The minimum Gasteiger partial charge on any atom is -0.494 e. The highest BCUT2D eigenvalue weighted by Gasteiger charge is 2.19. The summed E-state index contributed by atoms with van der Waals surface area (Å²) in [7, 11) is 1.87. The minimum absolute atomic E-state index is 0.198. The summed E-state index contributed by atoms with van der Waals surface area (Å²) in [6, 6.07) is 8.26. The zero-order valence-corrected chi connectivity index (χ0v) is 13.6. The molecule has 1 unspecified atom stereocenters. The highest BCUT2D eigenvalue weighted by molar-refractivity contribution is 7.99. The van der Waals surface area contributed by atoms with E-state index in [4.69, 9.17) is 4.74 Å². The highest BCUT2D eigenvalue weighted by atomic mass is 32.2. The monoisotopic (exact) mass is 308 g/mol. The van der Waals surface area contributed by atoms with E-state index in [1.807, 2.05) is 50.0 Å². The molecular weight excluding hydrogens is 284 g/mol. The van der Waals surface area contributed by atoms with Crippen LogP contribution < -0.4 is 10.1 Å². The molecule has 0 aromatic heterocycles. The molecule has 0 bridgehead atoms. The van der Waals surface area contributed by atoms with Crippen molar-refractivity contribution < 1.29 is 9.53 Å². The predicted octanol–water partition coefficient (Wildman–Crippen LogP) is 2.14. The Morgan fingerprint density at radius 2 is 2.19 bits per heavy atom. The number of ether oxygens (including phenoxy) is 1. The van der Waals surface area contributed by atoms with E-state index in [1.165, 1.54) is 0 Å². The van der Waals surface area contributed by atoms with Crippen molar-refractivity contribution in [2.75, 3.05) is 31.7 Å². The van der Waals surface area contributed by atoms with E-state index >= 15 is 0 Å². The van der Waals surface area contributed by atoms with Gasteiger partial charge in [-0.3, -0.25) is 4.79 Å². The summed E-state index contributed by atoms with van der Waals surface area (Å²) in [4.78, 5) is 14.0. The van der Waals surface area contributed by atoms with Crippen molar-refractivity contribution in [1.82, 2.24) is 10.2 Å². The second kappa shape index (κ2) is 8.29. The summed E-state index contributed by atoms with van der Waals surface area (Å²) >= 11 is 1.92. The number of hydrogen-bond donors (Lipinski definition) is 1. The van der Waals surface area contributed by atoms with Crippen LogP contribution in [0.25, 0.3) is 0 Å². The third-order valence-electron chi connectivity index (χ3n) is 3.50. The van der Waals surface area contributed by atoms with Crippen molar-refractivity contribution in [3.8, 4) is 5.75 Å². The molecule has 0 radical (unpaired) electrons. The molecule has 0 spiro atoms. The van der Waals surface area contributed by atoms with E-state index < -0.39 is 0 Å². The third-order valence-corrected chi connectivity index (χ3v) is 4.63. The predicted molar refractivity (Wildman–Crippen MR) is 87.8 cm³/mol. The van der Waals surface area contributed by atoms with Crippen molar-refractivity contribution in [3.63, 3.8) is 0 Å². The quantitative estimate of drug-likeness (QED) is 0.874. The Morgan fingerprint density at radius 3 is 2.81 bits per heavy atom. The molecule has 1 aliphatic heterocycles. The van der Waals surface area contributed by atoms with Gasteiger partial charge in [0.2, 0.25) is 5.91 Å². The smallest absolute Gasteiger partial charge is 0.224 e. The van der Waals surface area contributed by atoms with Crippen molar-refractivity contribution in [1.29, 1.82) is 0 Å². The summed E-state index contributed by atoms with van der Waals surface area (Å²) in [6.07, 6.45) is 0.584. The van der Waals surface area contributed by atoms with Gasteiger partial charge in [-0.15, -0.1) is 0 Å². The Bertz CT molecular complexity index is 444. The Kier molecular flexibility index (Phi) is 6.39. The van der Waals surface area contributed by atoms with E-state index in [9.17, 15) is 4.79 Å². The van der Waals surface area contributed by atoms with E-state index in [2.05, 4.69) is 5.32 Å². The van der Waals surface area contributed by atoms with Crippen molar-refractivity contribution in [3.05, 3.63) is 29.8 Å². The van der Waals surface area contributed by atoms with Crippen LogP contribution in [0.4, 0.5) is 0 Å². The molecule has 1 amide bonds. The average molecular weight is 308 g/mol. The third kappa shape index (κ3) is 5.25. The lowest BCUT2D eigenvalue weighted by atomic mass is 10.1. The van der Waals surface area contributed by atoms with Crippen molar-refractivity contribution in [2.45, 2.75) is 25.9 Å². The second-order valence-corrected chi connectivity index (χ2v) is 6.41. The van der Waals surface area contributed by atoms with E-state index in [0.29, 0.717) is 25.6 Å². The molecule has 2 rings (SSSR count). The number of thioether (sulfide) groups is 1. The molecular formula is C16H24N2O2S. The number of amides is 1. The first-order valence-electron chi connectivity index (χ1n) is 7.46. The van der Waals surface area contributed by atoms with Gasteiger partial charge in [0, 0.05) is 44.1 Å². The van der Waals surface area contributed by atoms with E-state index in [1.54, 1.807) is 4.90 Å². The van der Waals surface area contributed by atoms with Gasteiger partial charge in [-0.05, 0) is 24.6 Å². The molecule has 5 heteroatoms. The minimum atomic E-state index is 0.198. The topological polar surface area (TPSA) is 41.6 Å². The second-order valence-electron chi connectivity index (χ2n) is 5.26. The van der Waals surface area contributed by atoms with Gasteiger partial charge >= 0.3 is 0 Å². The SMILES string of the molecule is CCOc1ccc(CN(C)C(=O)CC2CSCCN2)cc1. The number of carbonyl (C=O) groups excluding carboxylic acids is 1. The summed E-state index contributed by atoms with van der Waals surface area (Å²) < 4.78 is 5.42. The van der Waals surface area contributed by atoms with Crippen LogP contribution in [-0.4, -0.2) is 48.6 Å². The van der Waals surface area contributed by atoms with Crippen LogP contribution in [0.3, 0.4) is 0 Å². The molecule has 1 fully saturated rings. The molecule has 1 aromatic carbocycles. The highest BCUT2D eigenvalue weighted by Crippen LogP contribution is 2.15. The summed E-state index contributed by atoms with van der Waals surface area (Å²) in [6.45, 7) is 4.29. The average Bonchev–Trinajstić information content (AvgIpc) is 2.50. The van der Waals surface area contributed by atoms with Crippen LogP contribution in [0.5, 0.6) is 5.75 Å². The number of benzene rings is 1. The Labute approximate surface area is 131 Å². The van der Waals surface area contributed by atoms with Crippen LogP contribution in [0.1, 0.15) is 18.9 Å².